The van der Waals surface area contributed by atoms with E-state index in [2.05, 4.69) is 21.2 Å². The summed E-state index contributed by atoms with van der Waals surface area (Å²) in [4.78, 5) is 11.8. The van der Waals surface area contributed by atoms with Gasteiger partial charge in [0.05, 0.1) is 11.8 Å². The summed E-state index contributed by atoms with van der Waals surface area (Å²) in [6.07, 6.45) is 0. The summed E-state index contributed by atoms with van der Waals surface area (Å²) in [6, 6.07) is 5.90. The molecular weight excluding hydrogens is 287 g/mol. The maximum absolute atomic E-state index is 12.8. The molecule has 1 aromatic carbocycles. The van der Waals surface area contributed by atoms with Crippen molar-refractivity contribution < 1.29 is 9.18 Å². The van der Waals surface area contributed by atoms with Crippen LogP contribution in [0.15, 0.2) is 22.7 Å². The molecule has 0 aliphatic carbocycles. The highest BCUT2D eigenvalue weighted by Crippen LogP contribution is 2.24. The third-order valence-corrected chi connectivity index (χ3v) is 2.93. The van der Waals surface area contributed by atoms with Crippen molar-refractivity contribution in [1.82, 2.24) is 0 Å². The van der Waals surface area contributed by atoms with Crippen molar-refractivity contribution >= 4 is 27.5 Å². The van der Waals surface area contributed by atoms with Crippen molar-refractivity contribution in [1.29, 1.82) is 5.26 Å². The van der Waals surface area contributed by atoms with E-state index in [0.717, 1.165) is 0 Å². The summed E-state index contributed by atoms with van der Waals surface area (Å²) >= 11 is 3.15. The minimum atomic E-state index is -0.716. The van der Waals surface area contributed by atoms with Crippen molar-refractivity contribution in [2.75, 3.05) is 5.32 Å². The normalized spacial score (nSPS) is 12.0. The van der Waals surface area contributed by atoms with Gasteiger partial charge in [0, 0.05) is 4.47 Å². The zero-order chi connectivity index (χ0) is 13.0. The predicted octanol–water partition coefficient (Wildman–Crippen LogP) is 3.32. The van der Waals surface area contributed by atoms with E-state index >= 15 is 0 Å². The second-order valence-corrected chi connectivity index (χ2v) is 4.82. The molecule has 0 radical (unpaired) electrons. The zero-order valence-electron chi connectivity index (χ0n) is 9.50. The number of nitrogens with zero attached hydrogens (tertiary/aromatic N) is 1. The zero-order valence-corrected chi connectivity index (χ0v) is 11.1. The quantitative estimate of drug-likeness (QED) is 0.930. The monoisotopic (exact) mass is 298 g/mol. The van der Waals surface area contributed by atoms with Gasteiger partial charge in [-0.2, -0.15) is 5.26 Å². The number of hydrogen-bond donors (Lipinski definition) is 1. The molecule has 3 nitrogen and oxygen atoms in total. The number of rotatable bonds is 3. The molecule has 0 spiro atoms. The summed E-state index contributed by atoms with van der Waals surface area (Å²) in [5, 5.41) is 11.5. The van der Waals surface area contributed by atoms with E-state index in [1.165, 1.54) is 18.2 Å². The van der Waals surface area contributed by atoms with E-state index in [1.807, 2.05) is 6.07 Å². The van der Waals surface area contributed by atoms with Gasteiger partial charge in [0.25, 0.3) is 0 Å². The van der Waals surface area contributed by atoms with Gasteiger partial charge in [-0.15, -0.1) is 0 Å². The van der Waals surface area contributed by atoms with E-state index in [9.17, 15) is 9.18 Å². The molecule has 0 aromatic heterocycles. The van der Waals surface area contributed by atoms with Crippen LogP contribution in [0.2, 0.25) is 0 Å². The number of halogens is 2. The summed E-state index contributed by atoms with van der Waals surface area (Å²) in [7, 11) is 0. The van der Waals surface area contributed by atoms with Gasteiger partial charge in [-0.05, 0) is 40.0 Å². The Morgan fingerprint density at radius 3 is 2.65 bits per heavy atom. The maximum Gasteiger partial charge on any atom is 0.242 e. The molecule has 0 aliphatic heterocycles. The number of carbonyl (C=O) groups is 1. The topological polar surface area (TPSA) is 52.9 Å². The Morgan fingerprint density at radius 2 is 2.18 bits per heavy atom. The SMILES string of the molecule is CC(C)C(C#N)C(=O)Nc1ccc(F)cc1Br. The minimum absolute atomic E-state index is 0.0702. The summed E-state index contributed by atoms with van der Waals surface area (Å²) < 4.78 is 13.3. The molecule has 90 valence electrons. The molecule has 0 aliphatic rings. The fourth-order valence-corrected chi connectivity index (χ4v) is 1.76. The third kappa shape index (κ3) is 3.53. The number of nitriles is 1. The van der Waals surface area contributed by atoms with Crippen LogP contribution >= 0.6 is 15.9 Å². The first-order valence-electron chi connectivity index (χ1n) is 5.11. The van der Waals surface area contributed by atoms with Crippen molar-refractivity contribution in [3.8, 4) is 6.07 Å². The molecule has 1 amide bonds. The van der Waals surface area contributed by atoms with Gasteiger partial charge in [-0.25, -0.2) is 4.39 Å². The summed E-state index contributed by atoms with van der Waals surface area (Å²) in [6.45, 7) is 3.60. The fourth-order valence-electron chi connectivity index (χ4n) is 1.31. The smallest absolute Gasteiger partial charge is 0.242 e. The molecular formula is C12H12BrFN2O. The van der Waals surface area contributed by atoms with Crippen LogP contribution in [0.4, 0.5) is 10.1 Å². The van der Waals surface area contributed by atoms with Gasteiger partial charge < -0.3 is 5.32 Å². The van der Waals surface area contributed by atoms with E-state index < -0.39 is 11.7 Å². The highest BCUT2D eigenvalue weighted by atomic mass is 79.9. The van der Waals surface area contributed by atoms with Crippen molar-refractivity contribution in [3.05, 3.63) is 28.5 Å². The first kappa shape index (κ1) is 13.7. The highest BCUT2D eigenvalue weighted by molar-refractivity contribution is 9.10. The van der Waals surface area contributed by atoms with E-state index in [4.69, 9.17) is 5.26 Å². The van der Waals surface area contributed by atoms with Crippen LogP contribution in [0.5, 0.6) is 0 Å². The lowest BCUT2D eigenvalue weighted by atomic mass is 9.96. The lowest BCUT2D eigenvalue weighted by Crippen LogP contribution is -2.25. The van der Waals surface area contributed by atoms with Gasteiger partial charge in [0.1, 0.15) is 11.7 Å². The first-order chi connectivity index (χ1) is 7.95. The van der Waals surface area contributed by atoms with Crippen LogP contribution in [0.25, 0.3) is 0 Å². The Kier molecular flexibility index (Phi) is 4.64. The van der Waals surface area contributed by atoms with Crippen molar-refractivity contribution in [2.45, 2.75) is 13.8 Å². The predicted molar refractivity (Wildman–Crippen MR) is 66.7 cm³/mol. The molecule has 0 fully saturated rings. The molecule has 0 saturated heterocycles. The van der Waals surface area contributed by atoms with Crippen molar-refractivity contribution in [3.63, 3.8) is 0 Å². The molecule has 0 bridgehead atoms. The largest absolute Gasteiger partial charge is 0.324 e. The number of amides is 1. The molecule has 0 saturated carbocycles. The van der Waals surface area contributed by atoms with Crippen LogP contribution in [-0.2, 0) is 4.79 Å². The average molecular weight is 299 g/mol. The Balaban J connectivity index is 2.85. The third-order valence-electron chi connectivity index (χ3n) is 2.28. The number of anilines is 1. The lowest BCUT2D eigenvalue weighted by molar-refractivity contribution is -0.119. The van der Waals surface area contributed by atoms with E-state index in [0.29, 0.717) is 10.2 Å². The summed E-state index contributed by atoms with van der Waals surface area (Å²) in [5.41, 5.74) is 0.456. The standard InChI is InChI=1S/C12H12BrFN2O/c1-7(2)9(6-15)12(17)16-11-4-3-8(14)5-10(11)13/h3-5,7,9H,1-2H3,(H,16,17). The van der Waals surface area contributed by atoms with Gasteiger partial charge >= 0.3 is 0 Å². The van der Waals surface area contributed by atoms with Gasteiger partial charge in [0.2, 0.25) is 5.91 Å². The van der Waals surface area contributed by atoms with Crippen LogP contribution in [0.1, 0.15) is 13.8 Å². The number of hydrogen-bond acceptors (Lipinski definition) is 2. The Labute approximate surface area is 108 Å². The Bertz CT molecular complexity index is 468. The van der Waals surface area contributed by atoms with Gasteiger partial charge in [0.15, 0.2) is 0 Å². The number of carbonyl (C=O) groups excluding carboxylic acids is 1. The average Bonchev–Trinajstić information content (AvgIpc) is 2.22. The molecule has 5 heteroatoms. The van der Waals surface area contributed by atoms with E-state index in [-0.39, 0.29) is 11.8 Å². The van der Waals surface area contributed by atoms with E-state index in [1.54, 1.807) is 13.8 Å². The number of benzene rings is 1. The van der Waals surface area contributed by atoms with Gasteiger partial charge in [-0.1, -0.05) is 13.8 Å². The molecule has 1 aromatic rings. The highest BCUT2D eigenvalue weighted by Gasteiger charge is 2.22. The number of nitrogens with one attached hydrogen (secondary N) is 1. The van der Waals surface area contributed by atoms with Crippen LogP contribution in [0, 0.1) is 29.0 Å². The Morgan fingerprint density at radius 1 is 1.53 bits per heavy atom. The maximum atomic E-state index is 12.8. The lowest BCUT2D eigenvalue weighted by Gasteiger charge is -2.13. The van der Waals surface area contributed by atoms with Crippen LogP contribution < -0.4 is 5.32 Å². The Hall–Kier alpha value is -1.41. The first-order valence-corrected chi connectivity index (χ1v) is 5.90. The molecule has 1 rings (SSSR count). The molecule has 0 heterocycles. The summed E-state index contributed by atoms with van der Waals surface area (Å²) in [5.74, 6) is -1.56. The molecule has 17 heavy (non-hydrogen) atoms. The molecule has 1 atom stereocenters. The van der Waals surface area contributed by atoms with Gasteiger partial charge in [-0.3, -0.25) is 4.79 Å². The fraction of sp³-hybridized carbons (Fsp3) is 0.333. The second-order valence-electron chi connectivity index (χ2n) is 3.96. The second kappa shape index (κ2) is 5.78. The van der Waals surface area contributed by atoms with Crippen LogP contribution in [0.3, 0.4) is 0 Å². The molecule has 1 unspecified atom stereocenters. The van der Waals surface area contributed by atoms with Crippen molar-refractivity contribution in [2.24, 2.45) is 11.8 Å². The van der Waals surface area contributed by atoms with Crippen LogP contribution in [-0.4, -0.2) is 5.91 Å². The minimum Gasteiger partial charge on any atom is -0.324 e. The molecule has 1 N–H and O–H groups in total.